The summed E-state index contributed by atoms with van der Waals surface area (Å²) in [6.07, 6.45) is 8.87. The zero-order valence-electron chi connectivity index (χ0n) is 9.36. The quantitative estimate of drug-likeness (QED) is 0.642. The van der Waals surface area contributed by atoms with E-state index in [9.17, 15) is 10.2 Å². The molecule has 0 heterocycles. The first-order valence-corrected chi connectivity index (χ1v) is 6.62. The summed E-state index contributed by atoms with van der Waals surface area (Å²) in [5, 5.41) is 21.0. The van der Waals surface area contributed by atoms with Gasteiger partial charge in [0.1, 0.15) is 0 Å². The lowest BCUT2D eigenvalue weighted by Crippen LogP contribution is -2.59. The fourth-order valence-electron chi connectivity index (χ4n) is 4.50. The van der Waals surface area contributed by atoms with Crippen LogP contribution >= 0.6 is 0 Å². The minimum atomic E-state index is -0.505. The maximum absolute atomic E-state index is 10.8. The first kappa shape index (κ1) is 10.1. The van der Waals surface area contributed by atoms with Gasteiger partial charge in [-0.05, 0) is 43.9 Å². The van der Waals surface area contributed by atoms with Gasteiger partial charge in [0.2, 0.25) is 0 Å². The number of rotatable bonds is 0. The van der Waals surface area contributed by atoms with Crippen molar-refractivity contribution in [2.75, 3.05) is 0 Å². The molecule has 3 fully saturated rings. The van der Waals surface area contributed by atoms with Gasteiger partial charge in [-0.2, -0.15) is 0 Å². The summed E-state index contributed by atoms with van der Waals surface area (Å²) in [7, 11) is 0. The van der Waals surface area contributed by atoms with Gasteiger partial charge in [0.05, 0.1) is 11.7 Å². The van der Waals surface area contributed by atoms with Gasteiger partial charge in [0.25, 0.3) is 0 Å². The lowest BCUT2D eigenvalue weighted by Gasteiger charge is -2.55. The Morgan fingerprint density at radius 2 is 1.87 bits per heavy atom. The molecule has 0 unspecified atom stereocenters. The summed E-state index contributed by atoms with van der Waals surface area (Å²) in [4.78, 5) is 0. The van der Waals surface area contributed by atoms with Crippen molar-refractivity contribution in [1.82, 2.24) is 0 Å². The molecule has 0 radical (unpaired) electrons. The predicted octanol–water partition coefficient (Wildman–Crippen LogP) is 2.09. The zero-order valence-corrected chi connectivity index (χ0v) is 9.36. The molecule has 3 aliphatic rings. The summed E-state index contributed by atoms with van der Waals surface area (Å²) in [5.74, 6) is 1.17. The molecule has 2 bridgehead atoms. The average molecular weight is 210 g/mol. The molecule has 3 rings (SSSR count). The van der Waals surface area contributed by atoms with Crippen LogP contribution < -0.4 is 0 Å². The van der Waals surface area contributed by atoms with Gasteiger partial charge in [-0.1, -0.05) is 19.3 Å². The van der Waals surface area contributed by atoms with Crippen LogP contribution in [0, 0.1) is 17.8 Å². The SMILES string of the molecule is O[C@@H]1[C@H]2CCC[C@H]1[C@@]1(O)CCCC[C@@H]1C2. The maximum atomic E-state index is 10.8. The van der Waals surface area contributed by atoms with Crippen molar-refractivity contribution < 1.29 is 10.2 Å². The maximum Gasteiger partial charge on any atom is 0.0728 e. The van der Waals surface area contributed by atoms with Crippen LogP contribution in [-0.2, 0) is 0 Å². The van der Waals surface area contributed by atoms with Crippen molar-refractivity contribution in [3.8, 4) is 0 Å². The van der Waals surface area contributed by atoms with Gasteiger partial charge in [-0.25, -0.2) is 0 Å². The molecule has 2 heteroatoms. The average Bonchev–Trinajstić information content (AvgIpc) is 2.21. The molecule has 3 aliphatic carbocycles. The van der Waals surface area contributed by atoms with E-state index in [0.29, 0.717) is 11.8 Å². The van der Waals surface area contributed by atoms with Gasteiger partial charge >= 0.3 is 0 Å². The van der Waals surface area contributed by atoms with Crippen LogP contribution in [0.2, 0.25) is 0 Å². The molecule has 86 valence electrons. The minimum Gasteiger partial charge on any atom is -0.392 e. The van der Waals surface area contributed by atoms with Crippen LogP contribution in [0.25, 0.3) is 0 Å². The Kier molecular flexibility index (Phi) is 2.33. The van der Waals surface area contributed by atoms with E-state index >= 15 is 0 Å². The van der Waals surface area contributed by atoms with Crippen LogP contribution in [0.1, 0.15) is 51.4 Å². The topological polar surface area (TPSA) is 40.5 Å². The van der Waals surface area contributed by atoms with Crippen molar-refractivity contribution in [3.63, 3.8) is 0 Å². The first-order valence-electron chi connectivity index (χ1n) is 6.62. The van der Waals surface area contributed by atoms with Gasteiger partial charge in [-0.3, -0.25) is 0 Å². The Hall–Kier alpha value is -0.0800. The van der Waals surface area contributed by atoms with E-state index in [1.54, 1.807) is 0 Å². The molecule has 15 heavy (non-hydrogen) atoms. The summed E-state index contributed by atoms with van der Waals surface area (Å²) in [6.45, 7) is 0. The fourth-order valence-corrected chi connectivity index (χ4v) is 4.50. The molecule has 3 saturated carbocycles. The molecule has 0 aromatic carbocycles. The fraction of sp³-hybridized carbons (Fsp3) is 1.00. The third-order valence-electron chi connectivity index (χ3n) is 5.30. The standard InChI is InChI=1S/C13H22O2/c14-12-9-4-3-6-11(12)13(15)7-2-1-5-10(13)8-9/h9-12,14-15H,1-8H2/t9-,10+,11+,12+,13+/m0/s1. The minimum absolute atomic E-state index is 0.190. The number of aliphatic hydroxyl groups is 2. The van der Waals surface area contributed by atoms with Gasteiger partial charge in [0.15, 0.2) is 0 Å². The molecule has 0 spiro atoms. The first-order chi connectivity index (χ1) is 7.22. The predicted molar refractivity (Wildman–Crippen MR) is 58.4 cm³/mol. The van der Waals surface area contributed by atoms with E-state index in [2.05, 4.69) is 0 Å². The van der Waals surface area contributed by atoms with Crippen LogP contribution in [0.5, 0.6) is 0 Å². The lowest BCUT2D eigenvalue weighted by atomic mass is 9.54. The second kappa shape index (κ2) is 3.46. The second-order valence-corrected chi connectivity index (χ2v) is 5.96. The summed E-state index contributed by atoms with van der Waals surface area (Å²) < 4.78 is 0. The number of hydrogen-bond acceptors (Lipinski definition) is 2. The number of fused-ring (bicyclic) bond motifs is 4. The molecule has 5 atom stereocenters. The Labute approximate surface area is 91.7 Å². The van der Waals surface area contributed by atoms with Crippen molar-refractivity contribution in [2.45, 2.75) is 63.1 Å². The lowest BCUT2D eigenvalue weighted by molar-refractivity contribution is -0.191. The van der Waals surface area contributed by atoms with Crippen LogP contribution in [0.15, 0.2) is 0 Å². The highest BCUT2D eigenvalue weighted by molar-refractivity contribution is 5.05. The Morgan fingerprint density at radius 3 is 2.73 bits per heavy atom. The van der Waals surface area contributed by atoms with E-state index in [0.717, 1.165) is 25.7 Å². The van der Waals surface area contributed by atoms with Crippen molar-refractivity contribution in [1.29, 1.82) is 0 Å². The summed E-state index contributed by atoms with van der Waals surface area (Å²) in [5.41, 5.74) is -0.505. The van der Waals surface area contributed by atoms with Gasteiger partial charge < -0.3 is 10.2 Å². The highest BCUT2D eigenvalue weighted by Crippen LogP contribution is 2.53. The number of hydrogen-bond donors (Lipinski definition) is 2. The molecule has 0 aromatic heterocycles. The van der Waals surface area contributed by atoms with Crippen LogP contribution in [-0.4, -0.2) is 21.9 Å². The molecule has 0 aliphatic heterocycles. The third-order valence-corrected chi connectivity index (χ3v) is 5.30. The van der Waals surface area contributed by atoms with Crippen LogP contribution in [0.4, 0.5) is 0 Å². The van der Waals surface area contributed by atoms with E-state index in [1.165, 1.54) is 25.7 Å². The largest absolute Gasteiger partial charge is 0.392 e. The molecule has 0 amide bonds. The van der Waals surface area contributed by atoms with E-state index < -0.39 is 5.60 Å². The third kappa shape index (κ3) is 1.38. The van der Waals surface area contributed by atoms with E-state index in [-0.39, 0.29) is 12.0 Å². The van der Waals surface area contributed by atoms with Crippen molar-refractivity contribution in [3.05, 3.63) is 0 Å². The Morgan fingerprint density at radius 1 is 1.00 bits per heavy atom. The van der Waals surface area contributed by atoms with Crippen molar-refractivity contribution >= 4 is 0 Å². The monoisotopic (exact) mass is 210 g/mol. The summed E-state index contributed by atoms with van der Waals surface area (Å²) >= 11 is 0. The molecule has 2 N–H and O–H groups in total. The second-order valence-electron chi connectivity index (χ2n) is 5.96. The highest BCUT2D eigenvalue weighted by atomic mass is 16.3. The normalized spacial score (nSPS) is 54.8. The molecule has 0 aromatic rings. The van der Waals surface area contributed by atoms with Gasteiger partial charge in [-0.15, -0.1) is 0 Å². The Balaban J connectivity index is 1.90. The highest BCUT2D eigenvalue weighted by Gasteiger charge is 2.54. The number of aliphatic hydroxyl groups excluding tert-OH is 1. The molecule has 0 saturated heterocycles. The van der Waals surface area contributed by atoms with Crippen molar-refractivity contribution in [2.24, 2.45) is 17.8 Å². The van der Waals surface area contributed by atoms with Gasteiger partial charge in [0, 0.05) is 5.92 Å². The van der Waals surface area contributed by atoms with Crippen LogP contribution in [0.3, 0.4) is 0 Å². The Bertz CT molecular complexity index is 253. The molecular weight excluding hydrogens is 188 g/mol. The smallest absolute Gasteiger partial charge is 0.0728 e. The molecule has 2 nitrogen and oxygen atoms in total. The zero-order chi connectivity index (χ0) is 10.5. The van der Waals surface area contributed by atoms with E-state index in [4.69, 9.17) is 0 Å². The molecular formula is C13H22O2. The van der Waals surface area contributed by atoms with E-state index in [1.807, 2.05) is 0 Å². The summed E-state index contributed by atoms with van der Waals surface area (Å²) in [6, 6.07) is 0.